The first kappa shape index (κ1) is 24.9. The summed E-state index contributed by atoms with van der Waals surface area (Å²) in [4.78, 5) is 28.9. The van der Waals surface area contributed by atoms with E-state index in [0.717, 1.165) is 41.8 Å². The molecule has 0 aromatic carbocycles. The topological polar surface area (TPSA) is 58.6 Å². The number of allylic oxidation sites excluding steroid dienone is 5. The molecule has 0 saturated heterocycles. The number of anilines is 1. The molecule has 2 rings (SSSR count). The third-order valence-corrected chi connectivity index (χ3v) is 6.99. The van der Waals surface area contributed by atoms with Crippen molar-refractivity contribution in [2.24, 2.45) is 11.8 Å². The normalized spacial score (nSPS) is 19.8. The molecular formula is C25H36N2O3S. The molecule has 6 heteroatoms. The minimum absolute atomic E-state index is 0.00395. The number of nitrogens with one attached hydrogen (secondary N) is 1. The van der Waals surface area contributed by atoms with Crippen LogP contribution < -0.4 is 10.2 Å². The van der Waals surface area contributed by atoms with Crippen LogP contribution in [0, 0.1) is 11.8 Å². The number of esters is 1. The molecule has 1 heterocycles. The van der Waals surface area contributed by atoms with Crippen molar-refractivity contribution in [2.75, 3.05) is 19.1 Å². The molecule has 0 radical (unpaired) electrons. The SMILES string of the molecule is C=C/C=C(\C=C(/C)NC)c1cc(C(=O)OC)c(N(C(=O)C2CCC(C)CC2)C(C)C)s1. The van der Waals surface area contributed by atoms with Crippen LogP contribution in [-0.4, -0.2) is 32.1 Å². The summed E-state index contributed by atoms with van der Waals surface area (Å²) < 4.78 is 5.06. The van der Waals surface area contributed by atoms with E-state index in [-0.39, 0.29) is 17.9 Å². The van der Waals surface area contributed by atoms with Crippen LogP contribution >= 0.6 is 11.3 Å². The van der Waals surface area contributed by atoms with Gasteiger partial charge in [-0.05, 0) is 70.1 Å². The Morgan fingerprint density at radius 2 is 1.94 bits per heavy atom. The van der Waals surface area contributed by atoms with Crippen LogP contribution in [0.2, 0.25) is 0 Å². The quantitative estimate of drug-likeness (QED) is 0.407. The van der Waals surface area contributed by atoms with Gasteiger partial charge in [0.05, 0.1) is 12.7 Å². The Morgan fingerprint density at radius 3 is 2.45 bits per heavy atom. The van der Waals surface area contributed by atoms with E-state index in [1.54, 1.807) is 11.0 Å². The van der Waals surface area contributed by atoms with Crippen LogP contribution in [0.3, 0.4) is 0 Å². The second kappa shape index (κ2) is 11.3. The number of rotatable bonds is 8. The van der Waals surface area contributed by atoms with Crippen LogP contribution in [0.4, 0.5) is 5.00 Å². The van der Waals surface area contributed by atoms with Crippen molar-refractivity contribution in [1.82, 2.24) is 5.32 Å². The molecule has 0 spiro atoms. The van der Waals surface area contributed by atoms with Crippen molar-refractivity contribution in [2.45, 2.75) is 59.4 Å². The predicted octanol–water partition coefficient (Wildman–Crippen LogP) is 5.80. The van der Waals surface area contributed by atoms with Crippen molar-refractivity contribution >= 4 is 33.8 Å². The highest BCUT2D eigenvalue weighted by Gasteiger charge is 2.34. The Morgan fingerprint density at radius 1 is 1.29 bits per heavy atom. The molecule has 1 aliphatic rings. The summed E-state index contributed by atoms with van der Waals surface area (Å²) in [5.41, 5.74) is 2.33. The van der Waals surface area contributed by atoms with E-state index in [2.05, 4.69) is 18.8 Å². The zero-order chi connectivity index (χ0) is 23.1. The van der Waals surface area contributed by atoms with Crippen molar-refractivity contribution < 1.29 is 14.3 Å². The minimum Gasteiger partial charge on any atom is -0.465 e. The second-order valence-electron chi connectivity index (χ2n) is 8.51. The van der Waals surface area contributed by atoms with Gasteiger partial charge in [-0.3, -0.25) is 4.79 Å². The molecule has 0 atom stereocenters. The van der Waals surface area contributed by atoms with Crippen LogP contribution in [0.25, 0.3) is 5.57 Å². The second-order valence-corrected chi connectivity index (χ2v) is 9.55. The van der Waals surface area contributed by atoms with Crippen LogP contribution in [0.1, 0.15) is 68.6 Å². The van der Waals surface area contributed by atoms with Gasteiger partial charge < -0.3 is 15.0 Å². The summed E-state index contributed by atoms with van der Waals surface area (Å²) in [6, 6.07) is 1.76. The zero-order valence-electron chi connectivity index (χ0n) is 19.7. The van der Waals surface area contributed by atoms with Gasteiger partial charge in [0.15, 0.2) is 0 Å². The lowest BCUT2D eigenvalue weighted by molar-refractivity contribution is -0.123. The van der Waals surface area contributed by atoms with Gasteiger partial charge in [-0.15, -0.1) is 11.3 Å². The zero-order valence-corrected chi connectivity index (χ0v) is 20.5. The van der Waals surface area contributed by atoms with Crippen LogP contribution in [0.15, 0.2) is 36.6 Å². The van der Waals surface area contributed by atoms with Gasteiger partial charge in [-0.25, -0.2) is 4.79 Å². The number of methoxy groups -OCH3 is 1. The van der Waals surface area contributed by atoms with E-state index in [9.17, 15) is 9.59 Å². The van der Waals surface area contributed by atoms with E-state index < -0.39 is 5.97 Å². The standard InChI is InChI=1S/C25H36N2O3S/c1-8-9-20(14-18(5)26-6)22-15-21(25(29)30-7)24(31-22)27(16(2)3)23(28)19-12-10-17(4)11-13-19/h8-9,14-17,19,26H,1,10-13H2,2-7H3/b18-14+,20-9+. The number of carbonyl (C=O) groups is 2. The molecule has 0 unspecified atom stereocenters. The summed E-state index contributed by atoms with van der Waals surface area (Å²) in [5.74, 6) is 0.353. The van der Waals surface area contributed by atoms with Gasteiger partial charge >= 0.3 is 5.97 Å². The summed E-state index contributed by atoms with van der Waals surface area (Å²) in [7, 11) is 3.24. The molecular weight excluding hydrogens is 408 g/mol. The Hall–Kier alpha value is -2.34. The van der Waals surface area contributed by atoms with Crippen molar-refractivity contribution in [3.05, 3.63) is 47.0 Å². The maximum Gasteiger partial charge on any atom is 0.340 e. The molecule has 1 saturated carbocycles. The number of hydrogen-bond donors (Lipinski definition) is 1. The Balaban J connectivity index is 2.55. The maximum absolute atomic E-state index is 13.6. The van der Waals surface area contributed by atoms with Crippen LogP contribution in [-0.2, 0) is 9.53 Å². The Kier molecular flexibility index (Phi) is 9.11. The largest absolute Gasteiger partial charge is 0.465 e. The predicted molar refractivity (Wildman–Crippen MR) is 130 cm³/mol. The first-order chi connectivity index (χ1) is 14.7. The molecule has 31 heavy (non-hydrogen) atoms. The summed E-state index contributed by atoms with van der Waals surface area (Å²) in [6.07, 6.45) is 9.58. The molecule has 1 amide bonds. The van der Waals surface area contributed by atoms with Crippen LogP contribution in [0.5, 0.6) is 0 Å². The van der Waals surface area contributed by atoms with E-state index >= 15 is 0 Å². The lowest BCUT2D eigenvalue weighted by Crippen LogP contribution is -2.42. The first-order valence-electron chi connectivity index (χ1n) is 11.0. The lowest BCUT2D eigenvalue weighted by atomic mass is 9.82. The fraction of sp³-hybridized carbons (Fsp3) is 0.520. The fourth-order valence-electron chi connectivity index (χ4n) is 3.89. The van der Waals surface area contributed by atoms with E-state index in [0.29, 0.717) is 16.5 Å². The number of thiophene rings is 1. The molecule has 0 bridgehead atoms. The Labute approximate surface area is 190 Å². The van der Waals surface area contributed by atoms with E-state index in [1.807, 2.05) is 46.0 Å². The number of amides is 1. The highest BCUT2D eigenvalue weighted by molar-refractivity contribution is 7.17. The van der Waals surface area contributed by atoms with Gasteiger partial charge in [0.1, 0.15) is 5.00 Å². The van der Waals surface area contributed by atoms with Crippen molar-refractivity contribution in [1.29, 1.82) is 0 Å². The fourth-order valence-corrected chi connectivity index (χ4v) is 5.17. The average Bonchev–Trinajstić information content (AvgIpc) is 3.17. The molecule has 0 aliphatic heterocycles. The van der Waals surface area contributed by atoms with Gasteiger partial charge in [0, 0.05) is 29.6 Å². The first-order valence-corrected chi connectivity index (χ1v) is 11.8. The third-order valence-electron chi connectivity index (χ3n) is 5.80. The Bertz CT molecular complexity index is 858. The van der Waals surface area contributed by atoms with E-state index in [4.69, 9.17) is 4.74 Å². The van der Waals surface area contributed by atoms with Crippen molar-refractivity contribution in [3.8, 4) is 0 Å². The summed E-state index contributed by atoms with van der Waals surface area (Å²) in [6.45, 7) is 12.0. The van der Waals surface area contributed by atoms with Gasteiger partial charge in [0.2, 0.25) is 5.91 Å². The maximum atomic E-state index is 13.6. The average molecular weight is 445 g/mol. The molecule has 1 fully saturated rings. The van der Waals surface area contributed by atoms with Gasteiger partial charge in [0.25, 0.3) is 0 Å². The summed E-state index contributed by atoms with van der Waals surface area (Å²) >= 11 is 1.45. The number of hydrogen-bond acceptors (Lipinski definition) is 5. The van der Waals surface area contributed by atoms with Gasteiger partial charge in [-0.2, -0.15) is 0 Å². The molecule has 1 aliphatic carbocycles. The minimum atomic E-state index is -0.430. The molecule has 170 valence electrons. The van der Waals surface area contributed by atoms with Gasteiger partial charge in [-0.1, -0.05) is 25.7 Å². The number of ether oxygens (including phenoxy) is 1. The third kappa shape index (κ3) is 6.10. The molecule has 1 N–H and O–H groups in total. The highest BCUT2D eigenvalue weighted by Crippen LogP contribution is 2.40. The number of carbonyl (C=O) groups excluding carboxylic acids is 2. The van der Waals surface area contributed by atoms with Crippen molar-refractivity contribution in [3.63, 3.8) is 0 Å². The van der Waals surface area contributed by atoms with E-state index in [1.165, 1.54) is 18.4 Å². The smallest absolute Gasteiger partial charge is 0.340 e. The molecule has 5 nitrogen and oxygen atoms in total. The lowest BCUT2D eigenvalue weighted by Gasteiger charge is -2.33. The molecule has 1 aromatic rings. The summed E-state index contributed by atoms with van der Waals surface area (Å²) in [5, 5.41) is 3.78. The molecule has 1 aromatic heterocycles. The number of nitrogens with zero attached hydrogens (tertiary/aromatic N) is 1. The highest BCUT2D eigenvalue weighted by atomic mass is 32.1. The monoisotopic (exact) mass is 444 g/mol.